The summed E-state index contributed by atoms with van der Waals surface area (Å²) in [7, 11) is 0. The molecule has 0 spiro atoms. The Morgan fingerprint density at radius 1 is 1.00 bits per heavy atom. The van der Waals surface area contributed by atoms with Crippen molar-refractivity contribution in [1.82, 2.24) is 10.3 Å². The number of amides is 2. The second-order valence-electron chi connectivity index (χ2n) is 6.15. The molecule has 0 aliphatic heterocycles. The second-order valence-corrected chi connectivity index (χ2v) is 6.15. The fourth-order valence-corrected chi connectivity index (χ4v) is 2.07. The van der Waals surface area contributed by atoms with Crippen molar-refractivity contribution >= 4 is 17.5 Å². The van der Waals surface area contributed by atoms with Gasteiger partial charge in [0.2, 0.25) is 11.8 Å². The first-order chi connectivity index (χ1) is 14.1. The Balaban J connectivity index is 2.04. The molecule has 0 fully saturated rings. The highest BCUT2D eigenvalue weighted by Gasteiger charge is 2.19. The van der Waals surface area contributed by atoms with Gasteiger partial charge in [-0.3, -0.25) is 9.59 Å². The Labute approximate surface area is 168 Å². The van der Waals surface area contributed by atoms with Gasteiger partial charge in [0, 0.05) is 17.8 Å². The molecule has 11 heteroatoms. The van der Waals surface area contributed by atoms with Gasteiger partial charge in [0.05, 0.1) is 6.04 Å². The first kappa shape index (κ1) is 22.8. The van der Waals surface area contributed by atoms with E-state index in [2.05, 4.69) is 21.5 Å². The van der Waals surface area contributed by atoms with E-state index in [1.807, 2.05) is 5.92 Å². The van der Waals surface area contributed by atoms with Crippen LogP contribution in [0.25, 0.3) is 0 Å². The lowest BCUT2D eigenvalue weighted by molar-refractivity contribution is -0.122. The van der Waals surface area contributed by atoms with E-state index in [1.165, 1.54) is 31.2 Å². The average Bonchev–Trinajstić information content (AvgIpc) is 2.71. The maximum Gasteiger partial charge on any atom is 0.253 e. The maximum atomic E-state index is 13.5. The highest BCUT2D eigenvalue weighted by Crippen LogP contribution is 2.16. The number of aromatic nitrogens is 1. The van der Waals surface area contributed by atoms with E-state index >= 15 is 0 Å². The highest BCUT2D eigenvalue weighted by atomic mass is 19.2. The molecule has 2 atom stereocenters. The molecule has 0 bridgehead atoms. The van der Waals surface area contributed by atoms with E-state index < -0.39 is 53.0 Å². The third kappa shape index (κ3) is 5.76. The zero-order chi connectivity index (χ0) is 22.4. The first-order valence-electron chi connectivity index (χ1n) is 8.52. The van der Waals surface area contributed by atoms with E-state index in [0.717, 1.165) is 0 Å². The van der Waals surface area contributed by atoms with Gasteiger partial charge in [0.1, 0.15) is 11.6 Å². The Hall–Kier alpha value is -3.49. The minimum absolute atomic E-state index is 0.119. The number of benzene rings is 1. The Morgan fingerprint density at radius 3 is 2.10 bits per heavy atom. The summed E-state index contributed by atoms with van der Waals surface area (Å²) in [5.41, 5.74) is 10.6. The van der Waals surface area contributed by atoms with Crippen LogP contribution in [-0.4, -0.2) is 35.4 Å². The van der Waals surface area contributed by atoms with Gasteiger partial charge in [-0.1, -0.05) is 11.8 Å². The molecule has 0 radical (unpaired) electrons. The van der Waals surface area contributed by atoms with Crippen molar-refractivity contribution in [3.63, 3.8) is 0 Å². The number of nitrogens with one attached hydrogen (secondary N) is 2. The van der Waals surface area contributed by atoms with Crippen LogP contribution >= 0.6 is 0 Å². The maximum absolute atomic E-state index is 13.5. The molecule has 0 unspecified atom stereocenters. The molecule has 2 rings (SSSR count). The summed E-state index contributed by atoms with van der Waals surface area (Å²) in [5.74, 6) is -3.66. The first-order valence-corrected chi connectivity index (χ1v) is 8.52. The van der Waals surface area contributed by atoms with Gasteiger partial charge in [-0.2, -0.15) is 13.8 Å². The van der Waals surface area contributed by atoms with E-state index in [0.29, 0.717) is 5.69 Å². The van der Waals surface area contributed by atoms with Gasteiger partial charge in [0.15, 0.2) is 11.6 Å². The van der Waals surface area contributed by atoms with E-state index in [9.17, 15) is 27.2 Å². The van der Waals surface area contributed by atoms with Gasteiger partial charge in [-0.25, -0.2) is 8.78 Å². The minimum Gasteiger partial charge on any atom is -0.353 e. The average molecular weight is 423 g/mol. The summed E-state index contributed by atoms with van der Waals surface area (Å²) in [6.07, 6.45) is 0. The monoisotopic (exact) mass is 423 g/mol. The lowest BCUT2D eigenvalue weighted by atomic mass is 10.1. The summed E-state index contributed by atoms with van der Waals surface area (Å²) in [4.78, 5) is 25.8. The van der Waals surface area contributed by atoms with Crippen molar-refractivity contribution in [2.24, 2.45) is 11.5 Å². The van der Waals surface area contributed by atoms with Crippen molar-refractivity contribution in [2.45, 2.75) is 19.0 Å². The number of pyridine rings is 1. The molecule has 30 heavy (non-hydrogen) atoms. The molecular formula is C19H17F4N5O2. The molecule has 158 valence electrons. The SMILES string of the molecule is C[C@H](N)C(=O)NC[C@H](N)C(=O)Nc1ccc(C#Cc2c(F)c(F)nc(F)c2F)cc1. The summed E-state index contributed by atoms with van der Waals surface area (Å²) < 4.78 is 53.3. The standard InChI is InChI=1S/C19H17F4N5O2/c1-9(24)18(29)26-8-13(25)19(30)27-11-5-2-10(3-6-11)4-7-12-14(20)16(22)28-17(23)15(12)21/h2-3,5-6,9,13H,8,24-25H2,1H3,(H,26,29)(H,27,30)/t9-,13-/m0/s1. The number of anilines is 1. The normalized spacial score (nSPS) is 12.4. The predicted octanol–water partition coefficient (Wildman–Crippen LogP) is 0.767. The number of carbonyl (C=O) groups excluding carboxylic acids is 2. The van der Waals surface area contributed by atoms with Crippen LogP contribution in [0.3, 0.4) is 0 Å². The number of nitrogens with zero attached hydrogens (tertiary/aromatic N) is 1. The summed E-state index contributed by atoms with van der Waals surface area (Å²) in [5, 5.41) is 4.93. The number of carbonyl (C=O) groups is 2. The molecule has 1 heterocycles. The Kier molecular flexibility index (Phi) is 7.46. The molecule has 2 amide bonds. The van der Waals surface area contributed by atoms with Crippen LogP contribution in [0.5, 0.6) is 0 Å². The van der Waals surface area contributed by atoms with Crippen molar-refractivity contribution in [3.8, 4) is 11.8 Å². The van der Waals surface area contributed by atoms with Crippen molar-refractivity contribution < 1.29 is 27.2 Å². The van der Waals surface area contributed by atoms with E-state index in [4.69, 9.17) is 11.5 Å². The van der Waals surface area contributed by atoms with Crippen LogP contribution in [0.1, 0.15) is 18.1 Å². The van der Waals surface area contributed by atoms with Crippen LogP contribution in [0.2, 0.25) is 0 Å². The number of nitrogens with two attached hydrogens (primary N) is 2. The number of hydrogen-bond acceptors (Lipinski definition) is 5. The molecule has 0 saturated carbocycles. The zero-order valence-corrected chi connectivity index (χ0v) is 15.6. The lowest BCUT2D eigenvalue weighted by Gasteiger charge is -2.14. The third-order valence-electron chi connectivity index (χ3n) is 3.73. The molecule has 0 aliphatic rings. The van der Waals surface area contributed by atoms with Crippen LogP contribution in [0.15, 0.2) is 24.3 Å². The van der Waals surface area contributed by atoms with Crippen LogP contribution in [0.4, 0.5) is 23.2 Å². The largest absolute Gasteiger partial charge is 0.353 e. The van der Waals surface area contributed by atoms with Gasteiger partial charge in [-0.05, 0) is 31.2 Å². The number of rotatable bonds is 5. The molecule has 6 N–H and O–H groups in total. The minimum atomic E-state index is -1.80. The van der Waals surface area contributed by atoms with Gasteiger partial charge in [-0.15, -0.1) is 0 Å². The van der Waals surface area contributed by atoms with Gasteiger partial charge < -0.3 is 22.1 Å². The van der Waals surface area contributed by atoms with Crippen molar-refractivity contribution in [3.05, 3.63) is 58.9 Å². The van der Waals surface area contributed by atoms with Crippen LogP contribution in [0, 0.1) is 35.4 Å². The Bertz CT molecular complexity index is 990. The summed E-state index contributed by atoms with van der Waals surface area (Å²) >= 11 is 0. The van der Waals surface area contributed by atoms with Crippen molar-refractivity contribution in [2.75, 3.05) is 11.9 Å². The quantitative estimate of drug-likeness (QED) is 0.321. The molecule has 1 aromatic carbocycles. The van der Waals surface area contributed by atoms with E-state index in [-0.39, 0.29) is 12.1 Å². The number of hydrogen-bond donors (Lipinski definition) is 4. The molecule has 0 saturated heterocycles. The molecular weight excluding hydrogens is 406 g/mol. The molecule has 1 aromatic heterocycles. The lowest BCUT2D eigenvalue weighted by Crippen LogP contribution is -2.48. The van der Waals surface area contributed by atoms with E-state index in [1.54, 1.807) is 0 Å². The van der Waals surface area contributed by atoms with Gasteiger partial charge in [0.25, 0.3) is 11.9 Å². The highest BCUT2D eigenvalue weighted by molar-refractivity contribution is 5.95. The molecule has 0 aliphatic carbocycles. The summed E-state index contributed by atoms with van der Waals surface area (Å²) in [6, 6.07) is 3.88. The smallest absolute Gasteiger partial charge is 0.253 e. The van der Waals surface area contributed by atoms with Crippen LogP contribution < -0.4 is 22.1 Å². The third-order valence-corrected chi connectivity index (χ3v) is 3.73. The molecule has 2 aromatic rings. The second kappa shape index (κ2) is 9.82. The Morgan fingerprint density at radius 2 is 1.57 bits per heavy atom. The number of halogens is 4. The summed E-state index contributed by atoms with van der Waals surface area (Å²) in [6.45, 7) is 1.36. The fourth-order valence-electron chi connectivity index (χ4n) is 2.07. The topological polar surface area (TPSA) is 123 Å². The van der Waals surface area contributed by atoms with Crippen molar-refractivity contribution in [1.29, 1.82) is 0 Å². The van der Waals surface area contributed by atoms with Gasteiger partial charge >= 0.3 is 0 Å². The zero-order valence-electron chi connectivity index (χ0n) is 15.6. The predicted molar refractivity (Wildman–Crippen MR) is 99.8 cm³/mol. The van der Waals surface area contributed by atoms with Crippen LogP contribution in [-0.2, 0) is 9.59 Å². The molecule has 7 nitrogen and oxygen atoms in total. The fraction of sp³-hybridized carbons (Fsp3) is 0.211.